The van der Waals surface area contributed by atoms with E-state index in [9.17, 15) is 4.79 Å². The second kappa shape index (κ2) is 7.35. The monoisotopic (exact) mass is 252 g/mol. The maximum atomic E-state index is 11.7. The molecule has 4 heteroatoms. The highest BCUT2D eigenvalue weighted by molar-refractivity contribution is 7.98. The van der Waals surface area contributed by atoms with Gasteiger partial charge in [-0.1, -0.05) is 13.0 Å². The van der Waals surface area contributed by atoms with E-state index in [0.717, 1.165) is 17.0 Å². The second-order valence-electron chi connectivity index (χ2n) is 4.16. The van der Waals surface area contributed by atoms with Gasteiger partial charge in [0.2, 0.25) is 5.91 Å². The number of nitrogens with two attached hydrogens (primary N) is 1. The summed E-state index contributed by atoms with van der Waals surface area (Å²) >= 11 is 1.66. The second-order valence-corrected chi connectivity index (χ2v) is 5.04. The number of benzene rings is 1. The Balaban J connectivity index is 2.44. The molecule has 0 fully saturated rings. The number of carbonyl (C=O) groups excluding carboxylic acids is 1. The molecule has 94 valence electrons. The maximum absolute atomic E-state index is 11.7. The molecule has 1 atom stereocenters. The van der Waals surface area contributed by atoms with Crippen molar-refractivity contribution in [2.75, 3.05) is 18.1 Å². The van der Waals surface area contributed by atoms with Crippen molar-refractivity contribution in [3.8, 4) is 0 Å². The molecular weight excluding hydrogens is 232 g/mol. The van der Waals surface area contributed by atoms with Crippen LogP contribution in [0.2, 0.25) is 0 Å². The Hall–Kier alpha value is -1.00. The third-order valence-corrected chi connectivity index (χ3v) is 3.35. The van der Waals surface area contributed by atoms with Crippen molar-refractivity contribution in [3.05, 3.63) is 24.3 Å². The van der Waals surface area contributed by atoms with E-state index in [1.165, 1.54) is 0 Å². The fourth-order valence-electron chi connectivity index (χ4n) is 1.42. The lowest BCUT2D eigenvalue weighted by atomic mass is 10.1. The van der Waals surface area contributed by atoms with Crippen LogP contribution in [0.4, 0.5) is 5.69 Å². The average Bonchev–Trinajstić information content (AvgIpc) is 2.36. The summed E-state index contributed by atoms with van der Waals surface area (Å²) in [6.07, 6.45) is 3.39. The van der Waals surface area contributed by atoms with Crippen molar-refractivity contribution >= 4 is 23.4 Å². The molecular formula is C13H20N2OS. The summed E-state index contributed by atoms with van der Waals surface area (Å²) in [5.74, 6) is 0.460. The molecule has 0 aliphatic carbocycles. The summed E-state index contributed by atoms with van der Waals surface area (Å²) in [7, 11) is 0. The Morgan fingerprint density at radius 2 is 2.29 bits per heavy atom. The Morgan fingerprint density at radius 3 is 2.94 bits per heavy atom. The van der Waals surface area contributed by atoms with Crippen LogP contribution < -0.4 is 11.1 Å². The molecule has 1 rings (SSSR count). The van der Waals surface area contributed by atoms with Crippen LogP contribution in [0.5, 0.6) is 0 Å². The van der Waals surface area contributed by atoms with Crippen LogP contribution in [0.25, 0.3) is 0 Å². The standard InChI is InChI=1S/C13H20N2OS/c1-10(9-14)6-7-13(16)15-11-4-3-5-12(8-11)17-2/h3-5,8,10H,6-7,9,14H2,1-2H3,(H,15,16). The maximum Gasteiger partial charge on any atom is 0.224 e. The summed E-state index contributed by atoms with van der Waals surface area (Å²) in [5.41, 5.74) is 6.38. The quantitative estimate of drug-likeness (QED) is 0.765. The van der Waals surface area contributed by atoms with Gasteiger partial charge in [0.15, 0.2) is 0 Å². The van der Waals surface area contributed by atoms with Crippen LogP contribution in [0, 0.1) is 5.92 Å². The minimum Gasteiger partial charge on any atom is -0.330 e. The first-order valence-electron chi connectivity index (χ1n) is 5.79. The van der Waals surface area contributed by atoms with Crippen molar-refractivity contribution in [3.63, 3.8) is 0 Å². The molecule has 0 saturated carbocycles. The number of carbonyl (C=O) groups is 1. The fraction of sp³-hybridized carbons (Fsp3) is 0.462. The van der Waals surface area contributed by atoms with Gasteiger partial charge in [0.05, 0.1) is 0 Å². The highest BCUT2D eigenvalue weighted by Gasteiger charge is 2.06. The van der Waals surface area contributed by atoms with Gasteiger partial charge in [-0.15, -0.1) is 11.8 Å². The largest absolute Gasteiger partial charge is 0.330 e. The minimum absolute atomic E-state index is 0.0588. The highest BCUT2D eigenvalue weighted by Crippen LogP contribution is 2.19. The van der Waals surface area contributed by atoms with Crippen LogP contribution in [0.1, 0.15) is 19.8 Å². The number of hydrogen-bond acceptors (Lipinski definition) is 3. The molecule has 0 spiro atoms. The van der Waals surface area contributed by atoms with Gasteiger partial charge in [-0.05, 0) is 43.3 Å². The van der Waals surface area contributed by atoms with Crippen molar-refractivity contribution < 1.29 is 4.79 Å². The predicted molar refractivity (Wildman–Crippen MR) is 74.3 cm³/mol. The van der Waals surface area contributed by atoms with E-state index in [4.69, 9.17) is 5.73 Å². The first-order chi connectivity index (χ1) is 8.15. The lowest BCUT2D eigenvalue weighted by molar-refractivity contribution is -0.116. The van der Waals surface area contributed by atoms with Crippen molar-refractivity contribution in [2.24, 2.45) is 11.7 Å². The Labute approximate surface area is 107 Å². The lowest BCUT2D eigenvalue weighted by Gasteiger charge is -2.09. The van der Waals surface area contributed by atoms with E-state index in [1.807, 2.05) is 30.5 Å². The summed E-state index contributed by atoms with van der Waals surface area (Å²) in [4.78, 5) is 12.8. The average molecular weight is 252 g/mol. The molecule has 0 bridgehead atoms. The smallest absolute Gasteiger partial charge is 0.224 e. The first kappa shape index (κ1) is 14.1. The van der Waals surface area contributed by atoms with E-state index in [0.29, 0.717) is 18.9 Å². The molecule has 0 aliphatic rings. The van der Waals surface area contributed by atoms with Gasteiger partial charge in [0.1, 0.15) is 0 Å². The molecule has 0 heterocycles. The van der Waals surface area contributed by atoms with E-state index in [1.54, 1.807) is 11.8 Å². The normalized spacial score (nSPS) is 12.2. The number of hydrogen-bond donors (Lipinski definition) is 2. The predicted octanol–water partition coefficient (Wildman–Crippen LogP) is 2.72. The van der Waals surface area contributed by atoms with Gasteiger partial charge in [-0.25, -0.2) is 0 Å². The zero-order valence-electron chi connectivity index (χ0n) is 10.4. The van der Waals surface area contributed by atoms with Gasteiger partial charge < -0.3 is 11.1 Å². The summed E-state index contributed by atoms with van der Waals surface area (Å²) < 4.78 is 0. The van der Waals surface area contributed by atoms with Gasteiger partial charge in [0, 0.05) is 17.0 Å². The van der Waals surface area contributed by atoms with Gasteiger partial charge in [-0.2, -0.15) is 0 Å². The molecule has 1 unspecified atom stereocenters. The van der Waals surface area contributed by atoms with Crippen LogP contribution in [0.3, 0.4) is 0 Å². The number of rotatable bonds is 6. The Morgan fingerprint density at radius 1 is 1.53 bits per heavy atom. The summed E-state index contributed by atoms with van der Waals surface area (Å²) in [6, 6.07) is 7.86. The zero-order valence-corrected chi connectivity index (χ0v) is 11.2. The third-order valence-electron chi connectivity index (χ3n) is 2.62. The molecule has 1 aromatic rings. The first-order valence-corrected chi connectivity index (χ1v) is 7.02. The van der Waals surface area contributed by atoms with Gasteiger partial charge in [-0.3, -0.25) is 4.79 Å². The van der Waals surface area contributed by atoms with Gasteiger partial charge in [0.25, 0.3) is 0 Å². The van der Waals surface area contributed by atoms with E-state index >= 15 is 0 Å². The third kappa shape index (κ3) is 5.24. The summed E-state index contributed by atoms with van der Waals surface area (Å²) in [6.45, 7) is 2.69. The minimum atomic E-state index is 0.0588. The molecule has 3 nitrogen and oxygen atoms in total. The van der Waals surface area contributed by atoms with E-state index < -0.39 is 0 Å². The highest BCUT2D eigenvalue weighted by atomic mass is 32.2. The van der Waals surface area contributed by atoms with Gasteiger partial charge >= 0.3 is 0 Å². The number of amides is 1. The molecule has 1 aromatic carbocycles. The van der Waals surface area contributed by atoms with Crippen molar-refractivity contribution in [1.82, 2.24) is 0 Å². The van der Waals surface area contributed by atoms with Crippen LogP contribution in [0.15, 0.2) is 29.2 Å². The summed E-state index contributed by atoms with van der Waals surface area (Å²) in [5, 5.41) is 2.90. The fourth-order valence-corrected chi connectivity index (χ4v) is 1.88. The molecule has 0 aliphatic heterocycles. The topological polar surface area (TPSA) is 55.1 Å². The molecule has 17 heavy (non-hydrogen) atoms. The Bertz CT molecular complexity index is 368. The SMILES string of the molecule is CSc1cccc(NC(=O)CCC(C)CN)c1. The Kier molecular flexibility index (Phi) is 6.08. The van der Waals surface area contributed by atoms with Crippen molar-refractivity contribution in [2.45, 2.75) is 24.7 Å². The molecule has 0 radical (unpaired) electrons. The van der Waals surface area contributed by atoms with Crippen LogP contribution >= 0.6 is 11.8 Å². The zero-order chi connectivity index (χ0) is 12.7. The number of anilines is 1. The number of nitrogens with one attached hydrogen (secondary N) is 1. The van der Waals surface area contributed by atoms with Crippen LogP contribution in [-0.4, -0.2) is 18.7 Å². The molecule has 0 aromatic heterocycles. The number of thioether (sulfide) groups is 1. The van der Waals surface area contributed by atoms with Crippen molar-refractivity contribution in [1.29, 1.82) is 0 Å². The molecule has 1 amide bonds. The van der Waals surface area contributed by atoms with E-state index in [-0.39, 0.29) is 5.91 Å². The molecule has 3 N–H and O–H groups in total. The molecule has 0 saturated heterocycles. The lowest BCUT2D eigenvalue weighted by Crippen LogP contribution is -2.16. The van der Waals surface area contributed by atoms with Crippen LogP contribution in [-0.2, 0) is 4.79 Å². The van der Waals surface area contributed by atoms with E-state index in [2.05, 4.69) is 12.2 Å².